The van der Waals surface area contributed by atoms with Gasteiger partial charge in [0.2, 0.25) is 0 Å². The summed E-state index contributed by atoms with van der Waals surface area (Å²) < 4.78 is 10.5. The molecule has 2 N–H and O–H groups in total. The lowest BCUT2D eigenvalue weighted by atomic mass is 10.1. The topological polar surface area (TPSA) is 47.7 Å². The van der Waals surface area contributed by atoms with Gasteiger partial charge in [-0.3, -0.25) is 4.90 Å². The summed E-state index contributed by atoms with van der Waals surface area (Å²) in [5.74, 6) is 1.44. The van der Waals surface area contributed by atoms with E-state index in [0.717, 1.165) is 36.6 Å². The van der Waals surface area contributed by atoms with Crippen LogP contribution in [0, 0.1) is 0 Å². The molecule has 1 aromatic carbocycles. The average Bonchev–Trinajstić information content (AvgIpc) is 2.84. The number of methoxy groups -OCH3 is 2. The molecular formula is C13H20N2O2. The Morgan fingerprint density at radius 1 is 1.12 bits per heavy atom. The third kappa shape index (κ3) is 2.64. The summed E-state index contributed by atoms with van der Waals surface area (Å²) >= 11 is 0. The summed E-state index contributed by atoms with van der Waals surface area (Å²) in [7, 11) is 3.27. The van der Waals surface area contributed by atoms with Crippen LogP contribution in [-0.2, 0) is 6.54 Å². The molecule has 1 aliphatic rings. The molecule has 94 valence electrons. The number of benzene rings is 1. The van der Waals surface area contributed by atoms with Crippen molar-refractivity contribution in [1.29, 1.82) is 0 Å². The Labute approximate surface area is 102 Å². The predicted octanol–water partition coefficient (Wildman–Crippen LogP) is 1.88. The van der Waals surface area contributed by atoms with Gasteiger partial charge in [0, 0.05) is 18.3 Å². The van der Waals surface area contributed by atoms with Gasteiger partial charge < -0.3 is 15.2 Å². The van der Waals surface area contributed by atoms with Gasteiger partial charge >= 0.3 is 0 Å². The van der Waals surface area contributed by atoms with Crippen LogP contribution in [0.3, 0.4) is 0 Å². The van der Waals surface area contributed by atoms with Crippen LogP contribution in [0.25, 0.3) is 0 Å². The maximum atomic E-state index is 6.04. The van der Waals surface area contributed by atoms with Crippen molar-refractivity contribution in [2.24, 2.45) is 0 Å². The van der Waals surface area contributed by atoms with E-state index in [-0.39, 0.29) is 0 Å². The molecule has 0 atom stereocenters. The zero-order valence-corrected chi connectivity index (χ0v) is 10.5. The molecule has 0 bridgehead atoms. The molecule has 1 saturated heterocycles. The molecule has 0 radical (unpaired) electrons. The van der Waals surface area contributed by atoms with E-state index in [4.69, 9.17) is 15.2 Å². The number of ether oxygens (including phenoxy) is 2. The highest BCUT2D eigenvalue weighted by Gasteiger charge is 2.15. The molecule has 1 heterocycles. The minimum atomic E-state index is 0.690. The smallest absolute Gasteiger partial charge is 0.162 e. The van der Waals surface area contributed by atoms with E-state index in [1.807, 2.05) is 12.1 Å². The Morgan fingerprint density at radius 2 is 1.71 bits per heavy atom. The summed E-state index contributed by atoms with van der Waals surface area (Å²) in [5.41, 5.74) is 7.92. The highest BCUT2D eigenvalue weighted by Crippen LogP contribution is 2.32. The van der Waals surface area contributed by atoms with Crippen LogP contribution < -0.4 is 15.2 Å². The van der Waals surface area contributed by atoms with Crippen LogP contribution in [0.15, 0.2) is 12.1 Å². The minimum absolute atomic E-state index is 0.690. The third-order valence-electron chi connectivity index (χ3n) is 3.24. The first kappa shape index (κ1) is 12.0. The van der Waals surface area contributed by atoms with Gasteiger partial charge in [0.05, 0.1) is 14.2 Å². The third-order valence-corrected chi connectivity index (χ3v) is 3.24. The number of nitrogen functional groups attached to an aromatic ring is 1. The first-order valence-corrected chi connectivity index (χ1v) is 5.97. The zero-order valence-electron chi connectivity index (χ0n) is 10.5. The number of likely N-dealkylation sites (tertiary alicyclic amines) is 1. The maximum absolute atomic E-state index is 6.04. The molecular weight excluding hydrogens is 216 g/mol. The molecule has 1 aliphatic heterocycles. The van der Waals surface area contributed by atoms with E-state index >= 15 is 0 Å². The van der Waals surface area contributed by atoms with Gasteiger partial charge in [0.25, 0.3) is 0 Å². The van der Waals surface area contributed by atoms with Gasteiger partial charge in [-0.05, 0) is 37.6 Å². The molecule has 4 nitrogen and oxygen atoms in total. The van der Waals surface area contributed by atoms with E-state index < -0.39 is 0 Å². The van der Waals surface area contributed by atoms with Crippen LogP contribution >= 0.6 is 0 Å². The molecule has 1 aromatic rings. The number of hydrogen-bond donors (Lipinski definition) is 1. The Morgan fingerprint density at radius 3 is 2.29 bits per heavy atom. The van der Waals surface area contributed by atoms with Gasteiger partial charge in [-0.1, -0.05) is 0 Å². The molecule has 1 fully saturated rings. The lowest BCUT2D eigenvalue weighted by Gasteiger charge is -2.18. The second kappa shape index (κ2) is 5.27. The van der Waals surface area contributed by atoms with E-state index in [0.29, 0.717) is 5.75 Å². The Hall–Kier alpha value is -1.42. The van der Waals surface area contributed by atoms with Gasteiger partial charge in [0.1, 0.15) is 0 Å². The summed E-state index contributed by atoms with van der Waals surface area (Å²) in [5, 5.41) is 0. The molecule has 0 saturated carbocycles. The lowest BCUT2D eigenvalue weighted by Crippen LogP contribution is -2.19. The number of anilines is 1. The van der Waals surface area contributed by atoms with Crippen molar-refractivity contribution in [3.63, 3.8) is 0 Å². The SMILES string of the molecule is COc1cc(N)c(CN2CCCC2)cc1OC. The Bertz CT molecular complexity index is 387. The predicted molar refractivity (Wildman–Crippen MR) is 68.5 cm³/mol. The molecule has 17 heavy (non-hydrogen) atoms. The fourth-order valence-corrected chi connectivity index (χ4v) is 2.26. The van der Waals surface area contributed by atoms with Crippen molar-refractivity contribution < 1.29 is 9.47 Å². The van der Waals surface area contributed by atoms with Crippen LogP contribution in [0.5, 0.6) is 11.5 Å². The number of rotatable bonds is 4. The van der Waals surface area contributed by atoms with E-state index in [2.05, 4.69) is 4.90 Å². The fraction of sp³-hybridized carbons (Fsp3) is 0.538. The highest BCUT2D eigenvalue weighted by atomic mass is 16.5. The van der Waals surface area contributed by atoms with Crippen molar-refractivity contribution in [2.75, 3.05) is 33.0 Å². The molecule has 0 unspecified atom stereocenters. The van der Waals surface area contributed by atoms with Gasteiger partial charge in [-0.25, -0.2) is 0 Å². The molecule has 2 rings (SSSR count). The molecule has 0 spiro atoms. The van der Waals surface area contributed by atoms with Crippen molar-refractivity contribution in [3.8, 4) is 11.5 Å². The first-order chi connectivity index (χ1) is 8.24. The number of nitrogens with two attached hydrogens (primary N) is 1. The van der Waals surface area contributed by atoms with Crippen LogP contribution in [0.2, 0.25) is 0 Å². The maximum Gasteiger partial charge on any atom is 0.162 e. The largest absolute Gasteiger partial charge is 0.493 e. The molecule has 0 aromatic heterocycles. The lowest BCUT2D eigenvalue weighted by molar-refractivity contribution is 0.328. The summed E-state index contributed by atoms with van der Waals surface area (Å²) in [6.07, 6.45) is 2.57. The first-order valence-electron chi connectivity index (χ1n) is 5.97. The van der Waals surface area contributed by atoms with Crippen molar-refractivity contribution in [2.45, 2.75) is 19.4 Å². The van der Waals surface area contributed by atoms with Crippen molar-refractivity contribution in [3.05, 3.63) is 17.7 Å². The summed E-state index contributed by atoms with van der Waals surface area (Å²) in [6, 6.07) is 3.82. The van der Waals surface area contributed by atoms with E-state index in [1.165, 1.54) is 12.8 Å². The minimum Gasteiger partial charge on any atom is -0.493 e. The van der Waals surface area contributed by atoms with Gasteiger partial charge in [0.15, 0.2) is 11.5 Å². The molecule has 0 aliphatic carbocycles. The Kier molecular flexibility index (Phi) is 3.74. The molecule has 0 amide bonds. The monoisotopic (exact) mass is 236 g/mol. The summed E-state index contributed by atoms with van der Waals surface area (Å²) in [4.78, 5) is 2.41. The van der Waals surface area contributed by atoms with Crippen LogP contribution in [-0.4, -0.2) is 32.2 Å². The zero-order chi connectivity index (χ0) is 12.3. The Balaban J connectivity index is 2.20. The second-order valence-corrected chi connectivity index (χ2v) is 4.39. The van der Waals surface area contributed by atoms with Gasteiger partial charge in [-0.15, -0.1) is 0 Å². The second-order valence-electron chi connectivity index (χ2n) is 4.39. The van der Waals surface area contributed by atoms with Crippen molar-refractivity contribution in [1.82, 2.24) is 4.90 Å². The quantitative estimate of drug-likeness (QED) is 0.811. The van der Waals surface area contributed by atoms with E-state index in [9.17, 15) is 0 Å². The fourth-order valence-electron chi connectivity index (χ4n) is 2.26. The normalized spacial score (nSPS) is 16.1. The number of nitrogens with zero attached hydrogens (tertiary/aromatic N) is 1. The van der Waals surface area contributed by atoms with Crippen molar-refractivity contribution >= 4 is 5.69 Å². The summed E-state index contributed by atoms with van der Waals surface area (Å²) in [6.45, 7) is 3.22. The van der Waals surface area contributed by atoms with Crippen LogP contribution in [0.4, 0.5) is 5.69 Å². The molecule has 4 heteroatoms. The highest BCUT2D eigenvalue weighted by molar-refractivity contribution is 5.57. The van der Waals surface area contributed by atoms with E-state index in [1.54, 1.807) is 14.2 Å². The average molecular weight is 236 g/mol. The standard InChI is InChI=1S/C13H20N2O2/c1-16-12-7-10(9-15-5-3-4-6-15)11(14)8-13(12)17-2/h7-8H,3-6,9,14H2,1-2H3. The van der Waals surface area contributed by atoms with Gasteiger partial charge in [-0.2, -0.15) is 0 Å². The number of hydrogen-bond acceptors (Lipinski definition) is 4. The van der Waals surface area contributed by atoms with Crippen LogP contribution in [0.1, 0.15) is 18.4 Å².